The molecule has 0 aromatic carbocycles. The van der Waals surface area contributed by atoms with Crippen molar-refractivity contribution < 1.29 is 14.0 Å². The zero-order valence-corrected chi connectivity index (χ0v) is 16.4. The number of carbonyl (C=O) groups excluding carboxylic acids is 1. The number of hydrogen-bond acceptors (Lipinski definition) is 4. The van der Waals surface area contributed by atoms with Gasteiger partial charge in [0.1, 0.15) is 6.61 Å². The van der Waals surface area contributed by atoms with Crippen LogP contribution < -0.4 is 5.73 Å². The molecule has 0 aromatic rings. The van der Waals surface area contributed by atoms with E-state index >= 15 is 0 Å². The Labute approximate surface area is 137 Å². The van der Waals surface area contributed by atoms with Gasteiger partial charge in [-0.15, -0.1) is 0 Å². The van der Waals surface area contributed by atoms with Crippen molar-refractivity contribution in [1.29, 1.82) is 0 Å². The molecule has 5 heteroatoms. The zero-order valence-electron chi connectivity index (χ0n) is 15.4. The Hall–Kier alpha value is -0.653. The fourth-order valence-electron chi connectivity index (χ4n) is 1.83. The van der Waals surface area contributed by atoms with Crippen molar-refractivity contribution in [3.8, 4) is 0 Å². The van der Waals surface area contributed by atoms with E-state index in [1.165, 1.54) is 0 Å². The highest BCUT2D eigenvalue weighted by atomic mass is 28.4. The third kappa shape index (κ3) is 6.63. The van der Waals surface area contributed by atoms with E-state index in [4.69, 9.17) is 14.9 Å². The van der Waals surface area contributed by atoms with E-state index in [-0.39, 0.29) is 36.2 Å². The molecule has 0 saturated heterocycles. The second-order valence-electron chi connectivity index (χ2n) is 7.56. The lowest BCUT2D eigenvalue weighted by molar-refractivity contribution is -0.144. The van der Waals surface area contributed by atoms with Gasteiger partial charge in [0, 0.05) is 6.04 Å². The lowest BCUT2D eigenvalue weighted by atomic mass is 9.94. The molecule has 0 amide bonds. The quantitative estimate of drug-likeness (QED) is 0.396. The Bertz CT molecular complexity index is 363. The number of carbonyl (C=O) groups is 1. The lowest BCUT2D eigenvalue weighted by Crippen LogP contribution is -2.51. The molecule has 0 aromatic heterocycles. The van der Waals surface area contributed by atoms with Crippen LogP contribution in [0.25, 0.3) is 0 Å². The van der Waals surface area contributed by atoms with Crippen LogP contribution in [0.4, 0.5) is 0 Å². The standard InChI is InChI=1S/C17H35NO3Si/c1-9-11-20-15(19)12-14(16(18)13(3)10-2)21-22(7,8)17(4,5)6/h9,13-14,16H,1,10-12,18H2,2-8H3/t13-,14-,16+/m0/s1. The largest absolute Gasteiger partial charge is 0.461 e. The van der Waals surface area contributed by atoms with Crippen molar-refractivity contribution in [3.05, 3.63) is 12.7 Å². The van der Waals surface area contributed by atoms with Crippen LogP contribution in [0.3, 0.4) is 0 Å². The summed E-state index contributed by atoms with van der Waals surface area (Å²) in [5, 5.41) is 0.0748. The summed E-state index contributed by atoms with van der Waals surface area (Å²) >= 11 is 0. The van der Waals surface area contributed by atoms with Crippen LogP contribution >= 0.6 is 0 Å². The third-order valence-corrected chi connectivity index (χ3v) is 9.22. The van der Waals surface area contributed by atoms with Crippen LogP contribution in [0.2, 0.25) is 18.1 Å². The molecule has 0 saturated carbocycles. The molecular formula is C17H35NO3Si. The molecule has 3 atom stereocenters. The first-order valence-corrected chi connectivity index (χ1v) is 11.1. The number of ether oxygens (including phenoxy) is 1. The SMILES string of the molecule is C=CCOC(=O)C[C@H](O[Si](C)(C)C(C)(C)C)[C@H](N)[C@@H](C)CC. The van der Waals surface area contributed by atoms with Crippen molar-refractivity contribution >= 4 is 14.3 Å². The Balaban J connectivity index is 5.09. The molecule has 0 bridgehead atoms. The molecule has 22 heavy (non-hydrogen) atoms. The Morgan fingerprint density at radius 3 is 2.32 bits per heavy atom. The molecule has 0 fully saturated rings. The maximum Gasteiger partial charge on any atom is 0.308 e. The smallest absolute Gasteiger partial charge is 0.308 e. The van der Waals surface area contributed by atoms with Gasteiger partial charge in [0.05, 0.1) is 12.5 Å². The number of esters is 1. The molecule has 0 aliphatic rings. The molecule has 0 spiro atoms. The Morgan fingerprint density at radius 1 is 1.36 bits per heavy atom. The topological polar surface area (TPSA) is 61.5 Å². The van der Waals surface area contributed by atoms with Crippen molar-refractivity contribution in [2.45, 2.75) is 77.7 Å². The molecule has 0 aliphatic carbocycles. The Morgan fingerprint density at radius 2 is 1.91 bits per heavy atom. The van der Waals surface area contributed by atoms with Gasteiger partial charge in [-0.1, -0.05) is 53.7 Å². The van der Waals surface area contributed by atoms with Gasteiger partial charge in [0.15, 0.2) is 8.32 Å². The normalized spacial score (nSPS) is 16.7. The predicted octanol–water partition coefficient (Wildman–Crippen LogP) is 3.87. The summed E-state index contributed by atoms with van der Waals surface area (Å²) in [4.78, 5) is 12.0. The van der Waals surface area contributed by atoms with Crippen LogP contribution in [-0.2, 0) is 14.0 Å². The molecule has 0 aliphatic heterocycles. The fourth-order valence-corrected chi connectivity index (χ4v) is 3.18. The molecule has 0 unspecified atom stereocenters. The van der Waals surface area contributed by atoms with E-state index < -0.39 is 8.32 Å². The van der Waals surface area contributed by atoms with E-state index in [0.717, 1.165) is 6.42 Å². The maximum absolute atomic E-state index is 12.0. The molecule has 2 N–H and O–H groups in total. The van der Waals surface area contributed by atoms with Gasteiger partial charge in [0.2, 0.25) is 0 Å². The Kier molecular flexibility index (Phi) is 8.58. The van der Waals surface area contributed by atoms with Gasteiger partial charge < -0.3 is 14.9 Å². The van der Waals surface area contributed by atoms with Gasteiger partial charge >= 0.3 is 5.97 Å². The summed E-state index contributed by atoms with van der Waals surface area (Å²) < 4.78 is 11.5. The first-order chi connectivity index (χ1) is 9.96. The molecule has 0 rings (SSSR count). The first-order valence-electron chi connectivity index (χ1n) is 8.16. The van der Waals surface area contributed by atoms with Crippen LogP contribution in [0.1, 0.15) is 47.5 Å². The monoisotopic (exact) mass is 329 g/mol. The van der Waals surface area contributed by atoms with Crippen molar-refractivity contribution in [3.63, 3.8) is 0 Å². The van der Waals surface area contributed by atoms with Gasteiger partial charge in [-0.05, 0) is 24.1 Å². The molecular weight excluding hydrogens is 294 g/mol. The minimum atomic E-state index is -2.00. The molecule has 0 radical (unpaired) electrons. The van der Waals surface area contributed by atoms with Crippen LogP contribution in [0, 0.1) is 5.92 Å². The van der Waals surface area contributed by atoms with E-state index in [2.05, 4.69) is 54.3 Å². The lowest BCUT2D eigenvalue weighted by Gasteiger charge is -2.41. The number of nitrogens with two attached hydrogens (primary N) is 1. The molecule has 4 nitrogen and oxygen atoms in total. The maximum atomic E-state index is 12.0. The predicted molar refractivity (Wildman–Crippen MR) is 95.3 cm³/mol. The highest BCUT2D eigenvalue weighted by molar-refractivity contribution is 6.74. The van der Waals surface area contributed by atoms with Crippen molar-refractivity contribution in [2.75, 3.05) is 6.61 Å². The second kappa shape index (κ2) is 8.84. The van der Waals surface area contributed by atoms with Crippen LogP contribution in [-0.4, -0.2) is 33.0 Å². The minimum Gasteiger partial charge on any atom is -0.461 e. The van der Waals surface area contributed by atoms with Gasteiger partial charge in [-0.2, -0.15) is 0 Å². The highest BCUT2D eigenvalue weighted by Gasteiger charge is 2.41. The van der Waals surface area contributed by atoms with E-state index in [1.807, 2.05) is 0 Å². The van der Waals surface area contributed by atoms with Gasteiger partial charge in [0.25, 0.3) is 0 Å². The average Bonchev–Trinajstić information content (AvgIpc) is 2.41. The van der Waals surface area contributed by atoms with E-state index in [1.54, 1.807) is 6.08 Å². The number of rotatable bonds is 9. The average molecular weight is 330 g/mol. The second-order valence-corrected chi connectivity index (χ2v) is 12.3. The summed E-state index contributed by atoms with van der Waals surface area (Å²) in [5.41, 5.74) is 6.37. The first kappa shape index (κ1) is 21.3. The summed E-state index contributed by atoms with van der Waals surface area (Å²) in [6.07, 6.45) is 2.43. The summed E-state index contributed by atoms with van der Waals surface area (Å²) in [6, 6.07) is -0.171. The summed E-state index contributed by atoms with van der Waals surface area (Å²) in [5.74, 6) is 0.0179. The van der Waals surface area contributed by atoms with E-state index in [9.17, 15) is 4.79 Å². The zero-order chi connectivity index (χ0) is 17.6. The van der Waals surface area contributed by atoms with Gasteiger partial charge in [-0.25, -0.2) is 0 Å². The summed E-state index contributed by atoms with van der Waals surface area (Å²) in [7, 11) is -2.00. The molecule has 0 heterocycles. The van der Waals surface area contributed by atoms with Gasteiger partial charge in [-0.3, -0.25) is 4.79 Å². The molecule has 130 valence electrons. The van der Waals surface area contributed by atoms with Crippen LogP contribution in [0.5, 0.6) is 0 Å². The van der Waals surface area contributed by atoms with Crippen molar-refractivity contribution in [1.82, 2.24) is 0 Å². The minimum absolute atomic E-state index is 0.0748. The number of hydrogen-bond donors (Lipinski definition) is 1. The van der Waals surface area contributed by atoms with Crippen LogP contribution in [0.15, 0.2) is 12.7 Å². The summed E-state index contributed by atoms with van der Waals surface area (Å²) in [6.45, 7) is 18.9. The van der Waals surface area contributed by atoms with E-state index in [0.29, 0.717) is 5.92 Å². The third-order valence-electron chi connectivity index (χ3n) is 4.71. The fraction of sp³-hybridized carbons (Fsp3) is 0.824. The van der Waals surface area contributed by atoms with Crippen molar-refractivity contribution in [2.24, 2.45) is 11.7 Å². The highest BCUT2D eigenvalue weighted by Crippen LogP contribution is 2.38.